The molecule has 0 amide bonds. The van der Waals surface area contributed by atoms with E-state index in [1.807, 2.05) is 12.2 Å². The molecule has 0 bridgehead atoms. The van der Waals surface area contributed by atoms with E-state index in [9.17, 15) is 4.79 Å². The molecule has 0 aromatic heterocycles. The van der Waals surface area contributed by atoms with Crippen molar-refractivity contribution < 1.29 is 14.3 Å². The van der Waals surface area contributed by atoms with E-state index in [1.165, 1.54) is 0 Å². The Morgan fingerprint density at radius 2 is 2.00 bits per heavy atom. The first kappa shape index (κ1) is 11.0. The van der Waals surface area contributed by atoms with Gasteiger partial charge in [0.05, 0.1) is 13.2 Å². The molecule has 0 fully saturated rings. The Kier molecular flexibility index (Phi) is 7.44. The topological polar surface area (TPSA) is 35.5 Å². The molecule has 0 aliphatic rings. The third kappa shape index (κ3) is 7.12. The van der Waals surface area contributed by atoms with Gasteiger partial charge in [0.25, 0.3) is 0 Å². The molecular formula is C9H16O3. The van der Waals surface area contributed by atoms with Crippen molar-refractivity contribution in [2.24, 2.45) is 0 Å². The lowest BCUT2D eigenvalue weighted by atomic mass is 10.3. The van der Waals surface area contributed by atoms with Crippen molar-refractivity contribution in [3.8, 4) is 0 Å². The number of carbonyl (C=O) groups excluding carboxylic acids is 1. The molecule has 0 N–H and O–H groups in total. The van der Waals surface area contributed by atoms with Crippen LogP contribution < -0.4 is 0 Å². The number of allylic oxidation sites excluding steroid dienone is 1. The van der Waals surface area contributed by atoms with E-state index in [2.05, 4.69) is 11.7 Å². The van der Waals surface area contributed by atoms with Gasteiger partial charge in [0, 0.05) is 0 Å². The number of carbonyl (C=O) groups is 1. The summed E-state index contributed by atoms with van der Waals surface area (Å²) in [4.78, 5) is 10.6. The van der Waals surface area contributed by atoms with Crippen molar-refractivity contribution in [1.29, 1.82) is 0 Å². The van der Waals surface area contributed by atoms with Crippen LogP contribution in [0.15, 0.2) is 12.2 Å². The smallest absolute Gasteiger partial charge is 0.435 e. The highest BCUT2D eigenvalue weighted by Gasteiger charge is 1.98. The van der Waals surface area contributed by atoms with Crippen LogP contribution in [0.5, 0.6) is 0 Å². The largest absolute Gasteiger partial charge is 0.508 e. The zero-order valence-electron chi connectivity index (χ0n) is 7.71. The van der Waals surface area contributed by atoms with Gasteiger partial charge in [0.15, 0.2) is 0 Å². The fourth-order valence-electron chi connectivity index (χ4n) is 0.654. The molecule has 3 heteroatoms. The highest BCUT2D eigenvalue weighted by molar-refractivity contribution is 5.59. The predicted octanol–water partition coefficient (Wildman–Crippen LogP) is 2.52. The molecule has 0 aromatic rings. The average Bonchev–Trinajstić information content (AvgIpc) is 2.05. The van der Waals surface area contributed by atoms with Crippen molar-refractivity contribution in [1.82, 2.24) is 0 Å². The predicted molar refractivity (Wildman–Crippen MR) is 47.0 cm³/mol. The van der Waals surface area contributed by atoms with Crippen LogP contribution in [0.1, 0.15) is 26.7 Å². The molecule has 12 heavy (non-hydrogen) atoms. The second-order valence-corrected chi connectivity index (χ2v) is 2.20. The third-order valence-electron chi connectivity index (χ3n) is 1.17. The Morgan fingerprint density at radius 1 is 1.25 bits per heavy atom. The van der Waals surface area contributed by atoms with Gasteiger partial charge in [-0.25, -0.2) is 4.79 Å². The summed E-state index contributed by atoms with van der Waals surface area (Å²) < 4.78 is 9.28. The molecule has 70 valence electrons. The van der Waals surface area contributed by atoms with E-state index in [-0.39, 0.29) is 0 Å². The number of ether oxygens (including phenoxy) is 2. The van der Waals surface area contributed by atoms with Gasteiger partial charge in [-0.15, -0.1) is 0 Å². The summed E-state index contributed by atoms with van der Waals surface area (Å²) in [5, 5.41) is 0. The Balaban J connectivity index is 3.19. The first-order chi connectivity index (χ1) is 5.81. The number of hydrogen-bond acceptors (Lipinski definition) is 3. The maximum atomic E-state index is 10.6. The summed E-state index contributed by atoms with van der Waals surface area (Å²) >= 11 is 0. The lowest BCUT2D eigenvalue weighted by molar-refractivity contribution is 0.0604. The second kappa shape index (κ2) is 8.11. The molecule has 0 saturated carbocycles. The molecular weight excluding hydrogens is 156 g/mol. The van der Waals surface area contributed by atoms with Crippen LogP contribution in [0.4, 0.5) is 4.79 Å². The molecule has 0 spiro atoms. The van der Waals surface area contributed by atoms with Crippen LogP contribution in [-0.2, 0) is 9.47 Å². The normalized spacial score (nSPS) is 10.2. The zero-order valence-corrected chi connectivity index (χ0v) is 7.71. The second-order valence-electron chi connectivity index (χ2n) is 2.20. The maximum absolute atomic E-state index is 10.6. The van der Waals surface area contributed by atoms with E-state index >= 15 is 0 Å². The summed E-state index contributed by atoms with van der Waals surface area (Å²) in [6.07, 6.45) is 5.21. The fraction of sp³-hybridized carbons (Fsp3) is 0.667. The molecule has 0 rings (SSSR count). The van der Waals surface area contributed by atoms with Gasteiger partial charge >= 0.3 is 6.16 Å². The van der Waals surface area contributed by atoms with Gasteiger partial charge in [-0.2, -0.15) is 0 Å². The zero-order chi connectivity index (χ0) is 9.23. The van der Waals surface area contributed by atoms with E-state index < -0.39 is 6.16 Å². The lowest BCUT2D eigenvalue weighted by Crippen LogP contribution is -2.07. The van der Waals surface area contributed by atoms with Crippen LogP contribution >= 0.6 is 0 Å². The van der Waals surface area contributed by atoms with Crippen molar-refractivity contribution in [3.63, 3.8) is 0 Å². The Hall–Kier alpha value is -0.990. The van der Waals surface area contributed by atoms with Gasteiger partial charge in [-0.3, -0.25) is 0 Å². The Morgan fingerprint density at radius 3 is 2.58 bits per heavy atom. The average molecular weight is 172 g/mol. The summed E-state index contributed by atoms with van der Waals surface area (Å²) in [6, 6.07) is 0. The quantitative estimate of drug-likeness (QED) is 0.363. The van der Waals surface area contributed by atoms with Crippen molar-refractivity contribution in [2.75, 3.05) is 13.2 Å². The lowest BCUT2D eigenvalue weighted by Gasteiger charge is -2.01. The minimum Gasteiger partial charge on any atom is -0.435 e. The molecule has 0 atom stereocenters. The van der Waals surface area contributed by atoms with E-state index in [4.69, 9.17) is 4.74 Å². The molecule has 0 heterocycles. The Labute approximate surface area is 73.4 Å². The minimum absolute atomic E-state index is 0.365. The van der Waals surface area contributed by atoms with Crippen LogP contribution in [0.3, 0.4) is 0 Å². The number of rotatable bonds is 5. The summed E-state index contributed by atoms with van der Waals surface area (Å²) in [7, 11) is 0. The summed E-state index contributed by atoms with van der Waals surface area (Å²) in [5.41, 5.74) is 0. The highest BCUT2D eigenvalue weighted by Crippen LogP contribution is 1.90. The van der Waals surface area contributed by atoms with E-state index in [1.54, 1.807) is 6.92 Å². The maximum Gasteiger partial charge on any atom is 0.508 e. The van der Waals surface area contributed by atoms with E-state index in [0.29, 0.717) is 13.2 Å². The van der Waals surface area contributed by atoms with Crippen molar-refractivity contribution in [2.45, 2.75) is 26.7 Å². The van der Waals surface area contributed by atoms with Gasteiger partial charge in [0.2, 0.25) is 0 Å². The molecule has 0 aliphatic heterocycles. The SMILES string of the molecule is CC/C=C\CCOC(=O)OCC. The van der Waals surface area contributed by atoms with Crippen LogP contribution in [-0.4, -0.2) is 19.4 Å². The van der Waals surface area contributed by atoms with Crippen molar-refractivity contribution >= 4 is 6.16 Å². The standard InChI is InChI=1S/C9H16O3/c1-3-5-6-7-8-12-9(10)11-4-2/h5-6H,3-4,7-8H2,1-2H3/b6-5-. The Bertz CT molecular complexity index is 141. The van der Waals surface area contributed by atoms with Crippen LogP contribution in [0.25, 0.3) is 0 Å². The fourth-order valence-corrected chi connectivity index (χ4v) is 0.654. The monoisotopic (exact) mass is 172 g/mol. The summed E-state index contributed by atoms with van der Waals surface area (Å²) in [6.45, 7) is 4.57. The molecule has 0 aromatic carbocycles. The van der Waals surface area contributed by atoms with Gasteiger partial charge in [-0.1, -0.05) is 19.1 Å². The first-order valence-corrected chi connectivity index (χ1v) is 4.25. The van der Waals surface area contributed by atoms with Crippen LogP contribution in [0, 0.1) is 0 Å². The van der Waals surface area contributed by atoms with Gasteiger partial charge < -0.3 is 9.47 Å². The third-order valence-corrected chi connectivity index (χ3v) is 1.17. The first-order valence-electron chi connectivity index (χ1n) is 4.25. The van der Waals surface area contributed by atoms with Crippen LogP contribution in [0.2, 0.25) is 0 Å². The molecule has 3 nitrogen and oxygen atoms in total. The molecule has 0 radical (unpaired) electrons. The molecule has 0 aliphatic carbocycles. The molecule has 0 unspecified atom stereocenters. The minimum atomic E-state index is -0.581. The number of hydrogen-bond donors (Lipinski definition) is 0. The molecule has 0 saturated heterocycles. The van der Waals surface area contributed by atoms with Gasteiger partial charge in [-0.05, 0) is 19.8 Å². The van der Waals surface area contributed by atoms with Crippen molar-refractivity contribution in [3.05, 3.63) is 12.2 Å². The summed E-state index contributed by atoms with van der Waals surface area (Å²) in [5.74, 6) is 0. The van der Waals surface area contributed by atoms with E-state index in [0.717, 1.165) is 12.8 Å². The van der Waals surface area contributed by atoms with Gasteiger partial charge in [0.1, 0.15) is 0 Å². The highest BCUT2D eigenvalue weighted by atomic mass is 16.7.